The lowest BCUT2D eigenvalue weighted by atomic mass is 10.1. The molecule has 1 N–H and O–H groups in total. The van der Waals surface area contributed by atoms with E-state index in [1.807, 2.05) is 71.3 Å². The molecule has 7 heteroatoms. The Morgan fingerprint density at radius 3 is 2.64 bits per heavy atom. The number of aromatic nitrogens is 2. The maximum atomic E-state index is 13.4. The highest BCUT2D eigenvalue weighted by molar-refractivity contribution is 6.05. The smallest absolute Gasteiger partial charge is 0.253 e. The highest BCUT2D eigenvalue weighted by atomic mass is 16.5. The molecule has 0 bridgehead atoms. The summed E-state index contributed by atoms with van der Waals surface area (Å²) in [5.74, 6) is 0.895. The Morgan fingerprint density at radius 1 is 1.03 bits per heavy atom. The lowest BCUT2D eigenvalue weighted by Crippen LogP contribution is -2.33. The molecule has 3 aromatic carbocycles. The second kappa shape index (κ2) is 8.78. The lowest BCUT2D eigenvalue weighted by Gasteiger charge is -2.16. The summed E-state index contributed by atoms with van der Waals surface area (Å²) in [6.45, 7) is 0.500. The fourth-order valence-electron chi connectivity index (χ4n) is 4.28. The van der Waals surface area contributed by atoms with Crippen LogP contribution in [0.25, 0.3) is 11.0 Å². The van der Waals surface area contributed by atoms with Gasteiger partial charge >= 0.3 is 0 Å². The van der Waals surface area contributed by atoms with E-state index in [1.165, 1.54) is 0 Å². The third-order valence-corrected chi connectivity index (χ3v) is 5.88. The summed E-state index contributed by atoms with van der Waals surface area (Å²) in [4.78, 5) is 32.8. The number of hydrogen-bond donors (Lipinski definition) is 1. The van der Waals surface area contributed by atoms with E-state index < -0.39 is 6.04 Å². The summed E-state index contributed by atoms with van der Waals surface area (Å²) in [6, 6.07) is 24.3. The minimum Gasteiger partial charge on any atom is -0.497 e. The third-order valence-electron chi connectivity index (χ3n) is 5.88. The number of rotatable bonds is 7. The van der Waals surface area contributed by atoms with Gasteiger partial charge in [-0.25, -0.2) is 4.98 Å². The van der Waals surface area contributed by atoms with Crippen molar-refractivity contribution in [3.05, 3.63) is 84.4 Å². The van der Waals surface area contributed by atoms with E-state index in [0.717, 1.165) is 16.6 Å². The zero-order chi connectivity index (χ0) is 22.8. The highest BCUT2D eigenvalue weighted by Crippen LogP contribution is 2.36. The fraction of sp³-hybridized carbons (Fsp3) is 0.192. The molecule has 0 saturated carbocycles. The van der Waals surface area contributed by atoms with Crippen LogP contribution >= 0.6 is 0 Å². The van der Waals surface area contributed by atoms with Gasteiger partial charge in [0.1, 0.15) is 11.8 Å². The lowest BCUT2D eigenvalue weighted by molar-refractivity contribution is -0.124. The molecule has 166 valence electrons. The molecule has 33 heavy (non-hydrogen) atoms. The first-order valence-electron chi connectivity index (χ1n) is 10.9. The van der Waals surface area contributed by atoms with E-state index >= 15 is 0 Å². The molecule has 4 aromatic rings. The van der Waals surface area contributed by atoms with Crippen molar-refractivity contribution in [3.63, 3.8) is 0 Å². The van der Waals surface area contributed by atoms with Crippen molar-refractivity contribution in [2.24, 2.45) is 0 Å². The summed E-state index contributed by atoms with van der Waals surface area (Å²) in [7, 11) is 1.58. The number of methoxy groups -OCH3 is 1. The Balaban J connectivity index is 1.41. The summed E-state index contributed by atoms with van der Waals surface area (Å²) in [5.41, 5.74) is 3.43. The third kappa shape index (κ3) is 4.05. The second-order valence-electron chi connectivity index (χ2n) is 8.00. The van der Waals surface area contributed by atoms with Crippen LogP contribution in [0.15, 0.2) is 78.9 Å². The maximum Gasteiger partial charge on any atom is 0.253 e. The standard InChI is InChI=1S/C26H24N4O3/c1-33-20-11-7-10-19(16-20)27-24(31)17-23-25(32)29(15-14-18-8-3-2-4-9-18)26-28-21-12-5-6-13-22(21)30(23)26/h2-13,16,23H,14-15,17H2,1H3,(H,27,31). The molecular formula is C26H24N4O3. The van der Waals surface area contributed by atoms with Crippen LogP contribution in [0, 0.1) is 0 Å². The largest absolute Gasteiger partial charge is 0.497 e. The highest BCUT2D eigenvalue weighted by Gasteiger charge is 2.40. The van der Waals surface area contributed by atoms with Crippen LogP contribution in [-0.4, -0.2) is 35.0 Å². The topological polar surface area (TPSA) is 76.5 Å². The van der Waals surface area contributed by atoms with Crippen molar-refractivity contribution in [1.29, 1.82) is 0 Å². The molecule has 1 unspecified atom stereocenters. The number of imidazole rings is 1. The summed E-state index contributed by atoms with van der Waals surface area (Å²) in [5, 5.41) is 2.88. The predicted molar refractivity (Wildman–Crippen MR) is 128 cm³/mol. The number of carbonyl (C=O) groups is 2. The van der Waals surface area contributed by atoms with Crippen molar-refractivity contribution in [2.75, 3.05) is 23.9 Å². The molecule has 0 spiro atoms. The number of nitrogens with one attached hydrogen (secondary N) is 1. The predicted octanol–water partition coefficient (Wildman–Crippen LogP) is 4.20. The quantitative estimate of drug-likeness (QED) is 0.467. The minimum atomic E-state index is -0.645. The van der Waals surface area contributed by atoms with Crippen molar-refractivity contribution in [3.8, 4) is 5.75 Å². The van der Waals surface area contributed by atoms with Gasteiger partial charge in [-0.3, -0.25) is 19.1 Å². The van der Waals surface area contributed by atoms with Crippen molar-refractivity contribution in [2.45, 2.75) is 18.9 Å². The molecule has 5 rings (SSSR count). The molecule has 1 aromatic heterocycles. The van der Waals surface area contributed by atoms with E-state index in [0.29, 0.717) is 30.4 Å². The number of anilines is 2. The second-order valence-corrected chi connectivity index (χ2v) is 8.00. The molecule has 0 fully saturated rings. The Labute approximate surface area is 191 Å². The Bertz CT molecular complexity index is 1320. The van der Waals surface area contributed by atoms with Gasteiger partial charge in [-0.15, -0.1) is 0 Å². The Morgan fingerprint density at radius 2 is 1.82 bits per heavy atom. The molecule has 1 aliphatic heterocycles. The molecule has 7 nitrogen and oxygen atoms in total. The molecule has 1 aliphatic rings. The first-order valence-corrected chi connectivity index (χ1v) is 10.9. The number of hydrogen-bond acceptors (Lipinski definition) is 4. The molecule has 0 aliphatic carbocycles. The van der Waals surface area contributed by atoms with Crippen LogP contribution in [0.2, 0.25) is 0 Å². The van der Waals surface area contributed by atoms with Gasteiger partial charge in [-0.1, -0.05) is 48.5 Å². The maximum absolute atomic E-state index is 13.4. The number of carbonyl (C=O) groups excluding carboxylic acids is 2. The zero-order valence-electron chi connectivity index (χ0n) is 18.3. The molecular weight excluding hydrogens is 416 g/mol. The average molecular weight is 441 g/mol. The number of amides is 2. The minimum absolute atomic E-state index is 0.0191. The first-order chi connectivity index (χ1) is 16.1. The van der Waals surface area contributed by atoms with Gasteiger partial charge in [0.25, 0.3) is 5.91 Å². The van der Waals surface area contributed by atoms with E-state index in [4.69, 9.17) is 9.72 Å². The van der Waals surface area contributed by atoms with Crippen LogP contribution in [0.5, 0.6) is 5.75 Å². The summed E-state index contributed by atoms with van der Waals surface area (Å²) < 4.78 is 7.12. The summed E-state index contributed by atoms with van der Waals surface area (Å²) >= 11 is 0. The molecule has 2 heterocycles. The summed E-state index contributed by atoms with van der Waals surface area (Å²) in [6.07, 6.45) is 0.726. The Kier molecular flexibility index (Phi) is 5.52. The molecule has 1 atom stereocenters. The van der Waals surface area contributed by atoms with Crippen LogP contribution < -0.4 is 15.0 Å². The number of benzene rings is 3. The van der Waals surface area contributed by atoms with Gasteiger partial charge in [-0.05, 0) is 36.2 Å². The van der Waals surface area contributed by atoms with E-state index in [9.17, 15) is 9.59 Å². The van der Waals surface area contributed by atoms with Gasteiger partial charge in [0.15, 0.2) is 0 Å². The SMILES string of the molecule is COc1cccc(NC(=O)CC2C(=O)N(CCc3ccccc3)c3nc4ccccc4n32)c1. The molecule has 2 amide bonds. The van der Waals surface area contributed by atoms with E-state index in [2.05, 4.69) is 5.32 Å². The fourth-order valence-corrected chi connectivity index (χ4v) is 4.28. The first kappa shape index (κ1) is 20.8. The normalized spacial score (nSPS) is 15.0. The number of ether oxygens (including phenoxy) is 1. The molecule has 0 saturated heterocycles. The van der Waals surface area contributed by atoms with Crippen LogP contribution in [0.3, 0.4) is 0 Å². The van der Waals surface area contributed by atoms with Crippen LogP contribution in [0.1, 0.15) is 18.0 Å². The van der Waals surface area contributed by atoms with Gasteiger partial charge in [0, 0.05) is 18.3 Å². The van der Waals surface area contributed by atoms with Gasteiger partial charge in [0.2, 0.25) is 11.9 Å². The van der Waals surface area contributed by atoms with E-state index in [-0.39, 0.29) is 18.2 Å². The number of para-hydroxylation sites is 2. The van der Waals surface area contributed by atoms with Crippen LogP contribution in [-0.2, 0) is 16.0 Å². The number of fused-ring (bicyclic) bond motifs is 3. The van der Waals surface area contributed by atoms with Crippen molar-refractivity contribution < 1.29 is 14.3 Å². The van der Waals surface area contributed by atoms with Crippen molar-refractivity contribution >= 4 is 34.5 Å². The molecule has 0 radical (unpaired) electrons. The van der Waals surface area contributed by atoms with E-state index in [1.54, 1.807) is 24.1 Å². The van der Waals surface area contributed by atoms with Crippen molar-refractivity contribution in [1.82, 2.24) is 9.55 Å². The monoisotopic (exact) mass is 440 g/mol. The van der Waals surface area contributed by atoms with Gasteiger partial charge < -0.3 is 10.1 Å². The van der Waals surface area contributed by atoms with Crippen LogP contribution in [0.4, 0.5) is 11.6 Å². The van der Waals surface area contributed by atoms with Gasteiger partial charge in [-0.2, -0.15) is 0 Å². The average Bonchev–Trinajstić information content (AvgIpc) is 3.33. The number of nitrogens with zero attached hydrogens (tertiary/aromatic N) is 3. The van der Waals surface area contributed by atoms with Gasteiger partial charge in [0.05, 0.1) is 24.6 Å². The zero-order valence-corrected chi connectivity index (χ0v) is 18.3. The Hall–Kier alpha value is -4.13.